The Hall–Kier alpha value is -1.20. The van der Waals surface area contributed by atoms with Crippen LogP contribution in [0.2, 0.25) is 0 Å². The van der Waals surface area contributed by atoms with Crippen molar-refractivity contribution >= 4 is 39.0 Å². The van der Waals surface area contributed by atoms with Crippen molar-refractivity contribution in [2.24, 2.45) is 0 Å². The van der Waals surface area contributed by atoms with Crippen LogP contribution in [0.5, 0.6) is 0 Å². The first-order valence-electron chi connectivity index (χ1n) is 5.18. The molecule has 1 N–H and O–H groups in total. The number of rotatable bonds is 4. The number of aryl methyl sites for hydroxylation is 1. The van der Waals surface area contributed by atoms with E-state index in [0.29, 0.717) is 12.2 Å². The first-order valence-corrected chi connectivity index (χ1v) is 6.85. The zero-order valence-electron chi connectivity index (χ0n) is 9.02. The van der Waals surface area contributed by atoms with Crippen molar-refractivity contribution in [3.63, 3.8) is 0 Å². The summed E-state index contributed by atoms with van der Waals surface area (Å²) >= 11 is 5.00. The van der Waals surface area contributed by atoms with Crippen molar-refractivity contribution in [1.82, 2.24) is 4.98 Å². The van der Waals surface area contributed by atoms with E-state index in [4.69, 9.17) is 0 Å². The zero-order valence-corrected chi connectivity index (χ0v) is 11.4. The molecule has 88 valence electrons. The van der Waals surface area contributed by atoms with Crippen LogP contribution in [0.25, 0.3) is 0 Å². The predicted molar refractivity (Wildman–Crippen MR) is 73.2 cm³/mol. The highest BCUT2D eigenvalue weighted by atomic mass is 79.9. The monoisotopic (exact) mass is 310 g/mol. The number of thiophene rings is 1. The van der Waals surface area contributed by atoms with Gasteiger partial charge in [-0.2, -0.15) is 0 Å². The molecule has 2 aromatic rings. The molecule has 17 heavy (non-hydrogen) atoms. The summed E-state index contributed by atoms with van der Waals surface area (Å²) < 4.78 is 0.904. The highest BCUT2D eigenvalue weighted by molar-refractivity contribution is 9.10. The molecule has 0 aliphatic heterocycles. The third-order valence-electron chi connectivity index (χ3n) is 2.17. The number of nitrogens with zero attached hydrogens (tertiary/aromatic N) is 1. The van der Waals surface area contributed by atoms with Gasteiger partial charge in [0.2, 0.25) is 5.91 Å². The minimum Gasteiger partial charge on any atom is -0.311 e. The molecule has 0 bridgehead atoms. The van der Waals surface area contributed by atoms with Gasteiger partial charge in [-0.05, 0) is 30.0 Å². The number of aromatic nitrogens is 1. The molecule has 0 radical (unpaired) electrons. The number of hydrogen-bond donors (Lipinski definition) is 1. The molecule has 1 amide bonds. The van der Waals surface area contributed by atoms with Crippen LogP contribution < -0.4 is 5.32 Å². The van der Waals surface area contributed by atoms with E-state index in [1.807, 2.05) is 23.6 Å². The van der Waals surface area contributed by atoms with Crippen LogP contribution in [0.15, 0.2) is 40.3 Å². The maximum absolute atomic E-state index is 11.7. The lowest BCUT2D eigenvalue weighted by molar-refractivity contribution is -0.116. The lowest BCUT2D eigenvalue weighted by Gasteiger charge is -2.03. The van der Waals surface area contributed by atoms with Crippen molar-refractivity contribution < 1.29 is 4.79 Å². The Morgan fingerprint density at radius 2 is 2.35 bits per heavy atom. The molecule has 0 fully saturated rings. The van der Waals surface area contributed by atoms with Crippen molar-refractivity contribution in [2.75, 3.05) is 5.32 Å². The number of halogens is 1. The van der Waals surface area contributed by atoms with Gasteiger partial charge in [0.05, 0.1) is 0 Å². The molecule has 0 aliphatic carbocycles. The van der Waals surface area contributed by atoms with Crippen LogP contribution in [0.3, 0.4) is 0 Å². The number of anilines is 1. The molecule has 0 saturated carbocycles. The first-order chi connectivity index (χ1) is 8.24. The van der Waals surface area contributed by atoms with E-state index in [2.05, 4.69) is 26.2 Å². The fourth-order valence-corrected chi connectivity index (χ4v) is 2.41. The van der Waals surface area contributed by atoms with Crippen LogP contribution in [0.4, 0.5) is 5.82 Å². The maximum Gasteiger partial charge on any atom is 0.225 e. The van der Waals surface area contributed by atoms with E-state index in [0.717, 1.165) is 10.9 Å². The Kier molecular flexibility index (Phi) is 4.28. The quantitative estimate of drug-likeness (QED) is 0.939. The predicted octanol–water partition coefficient (Wildman–Crippen LogP) is 3.48. The normalized spacial score (nSPS) is 10.2. The van der Waals surface area contributed by atoms with Crippen LogP contribution in [-0.4, -0.2) is 10.9 Å². The van der Waals surface area contributed by atoms with Gasteiger partial charge in [-0.25, -0.2) is 4.98 Å². The maximum atomic E-state index is 11.7. The smallest absolute Gasteiger partial charge is 0.225 e. The summed E-state index contributed by atoms with van der Waals surface area (Å²) in [5, 5.41) is 4.79. The van der Waals surface area contributed by atoms with Crippen molar-refractivity contribution in [1.29, 1.82) is 0 Å². The number of nitrogens with one attached hydrogen (secondary N) is 1. The Bertz CT molecular complexity index is 499. The first kappa shape index (κ1) is 12.3. The van der Waals surface area contributed by atoms with Crippen molar-refractivity contribution in [2.45, 2.75) is 12.8 Å². The third kappa shape index (κ3) is 3.94. The number of pyridine rings is 1. The molecular formula is C12H11BrN2OS. The minimum atomic E-state index is -0.0102. The average Bonchev–Trinajstić information content (AvgIpc) is 2.79. The summed E-state index contributed by atoms with van der Waals surface area (Å²) in [6.07, 6.45) is 2.91. The molecule has 0 atom stereocenters. The van der Waals surface area contributed by atoms with E-state index in [1.165, 1.54) is 4.88 Å². The van der Waals surface area contributed by atoms with Gasteiger partial charge in [0.15, 0.2) is 0 Å². The fourth-order valence-electron chi connectivity index (χ4n) is 1.37. The number of carbonyl (C=O) groups is 1. The third-order valence-corrected chi connectivity index (χ3v) is 3.60. The van der Waals surface area contributed by atoms with E-state index in [-0.39, 0.29) is 5.91 Å². The Balaban J connectivity index is 1.85. The highest BCUT2D eigenvalue weighted by Crippen LogP contribution is 2.14. The number of amides is 1. The molecule has 0 spiro atoms. The molecule has 2 aromatic heterocycles. The van der Waals surface area contributed by atoms with Gasteiger partial charge in [-0.15, -0.1) is 11.3 Å². The second-order valence-corrected chi connectivity index (χ2v) is 5.43. The second kappa shape index (κ2) is 5.93. The largest absolute Gasteiger partial charge is 0.311 e. The van der Waals surface area contributed by atoms with Gasteiger partial charge < -0.3 is 5.32 Å². The summed E-state index contributed by atoms with van der Waals surface area (Å²) in [5.41, 5.74) is 0. The minimum absolute atomic E-state index is 0.0102. The van der Waals surface area contributed by atoms with Crippen LogP contribution in [0, 0.1) is 0 Å². The van der Waals surface area contributed by atoms with E-state index in [1.54, 1.807) is 23.6 Å². The summed E-state index contributed by atoms with van der Waals surface area (Å²) in [6, 6.07) is 7.63. The molecule has 5 heteroatoms. The van der Waals surface area contributed by atoms with E-state index >= 15 is 0 Å². The summed E-state index contributed by atoms with van der Waals surface area (Å²) in [6.45, 7) is 0. The molecule has 2 heterocycles. The van der Waals surface area contributed by atoms with Gasteiger partial charge in [0.25, 0.3) is 0 Å². The second-order valence-electron chi connectivity index (χ2n) is 3.49. The Morgan fingerprint density at radius 3 is 3.06 bits per heavy atom. The Labute approximate surface area is 112 Å². The molecule has 0 saturated heterocycles. The van der Waals surface area contributed by atoms with E-state index < -0.39 is 0 Å². The highest BCUT2D eigenvalue weighted by Gasteiger charge is 2.04. The molecule has 0 aromatic carbocycles. The molecule has 0 aliphatic rings. The SMILES string of the molecule is O=C(CCc1cccs1)Nc1cc(Br)ccn1. The summed E-state index contributed by atoms with van der Waals surface area (Å²) in [5.74, 6) is 0.569. The number of hydrogen-bond acceptors (Lipinski definition) is 3. The number of carbonyl (C=O) groups excluding carboxylic acids is 1. The van der Waals surface area contributed by atoms with Gasteiger partial charge in [-0.1, -0.05) is 22.0 Å². The fraction of sp³-hybridized carbons (Fsp3) is 0.167. The lowest BCUT2D eigenvalue weighted by atomic mass is 10.2. The topological polar surface area (TPSA) is 42.0 Å². The van der Waals surface area contributed by atoms with Gasteiger partial charge >= 0.3 is 0 Å². The molecular weight excluding hydrogens is 300 g/mol. The van der Waals surface area contributed by atoms with Gasteiger partial charge in [-0.3, -0.25) is 4.79 Å². The van der Waals surface area contributed by atoms with E-state index in [9.17, 15) is 4.79 Å². The molecule has 0 unspecified atom stereocenters. The van der Waals surface area contributed by atoms with Crippen molar-refractivity contribution in [3.8, 4) is 0 Å². The van der Waals surface area contributed by atoms with Crippen molar-refractivity contribution in [3.05, 3.63) is 45.2 Å². The zero-order chi connectivity index (χ0) is 12.1. The summed E-state index contributed by atoms with van der Waals surface area (Å²) in [4.78, 5) is 16.9. The molecule has 2 rings (SSSR count). The van der Waals surface area contributed by atoms with Crippen LogP contribution >= 0.6 is 27.3 Å². The Morgan fingerprint density at radius 1 is 1.47 bits per heavy atom. The summed E-state index contributed by atoms with van der Waals surface area (Å²) in [7, 11) is 0. The van der Waals surface area contributed by atoms with Crippen LogP contribution in [0.1, 0.15) is 11.3 Å². The molecule has 3 nitrogen and oxygen atoms in total. The van der Waals surface area contributed by atoms with Gasteiger partial charge in [0, 0.05) is 22.0 Å². The van der Waals surface area contributed by atoms with Crippen LogP contribution in [-0.2, 0) is 11.2 Å². The average molecular weight is 311 g/mol. The standard InChI is InChI=1S/C12H11BrN2OS/c13-9-5-6-14-11(8-9)15-12(16)4-3-10-2-1-7-17-10/h1-2,5-8H,3-4H2,(H,14,15,16). The van der Waals surface area contributed by atoms with Gasteiger partial charge in [0.1, 0.15) is 5.82 Å². The lowest BCUT2D eigenvalue weighted by Crippen LogP contribution is -2.12.